The van der Waals surface area contributed by atoms with E-state index in [4.69, 9.17) is 10.8 Å². The summed E-state index contributed by atoms with van der Waals surface area (Å²) in [6.45, 7) is 0. The molecule has 0 aromatic rings. The molecule has 0 aromatic heterocycles. The molecule has 1 atom stereocenters. The van der Waals surface area contributed by atoms with E-state index in [1.54, 1.807) is 0 Å². The molecule has 1 aliphatic rings. The molecule has 0 saturated heterocycles. The Kier molecular flexibility index (Phi) is 1.07. The lowest BCUT2D eigenvalue weighted by Crippen LogP contribution is -2.32. The normalized spacial score (nSPS) is 29.3. The second kappa shape index (κ2) is 1.59. The minimum absolute atomic E-state index is 0.289. The van der Waals surface area contributed by atoms with Crippen molar-refractivity contribution in [1.82, 2.24) is 5.32 Å². The second-order valence-electron chi connectivity index (χ2n) is 1.08. The van der Waals surface area contributed by atoms with Gasteiger partial charge in [0.2, 0.25) is 5.96 Å². The molecule has 5 heteroatoms. The molecule has 7 heavy (non-hydrogen) atoms. The fourth-order valence-corrected chi connectivity index (χ4v) is 0.725. The van der Waals surface area contributed by atoms with Gasteiger partial charge in [-0.15, -0.1) is 0 Å². The Bertz CT molecular complexity index is 103. The van der Waals surface area contributed by atoms with Gasteiger partial charge in [-0.05, 0) is 0 Å². The van der Waals surface area contributed by atoms with E-state index in [9.17, 15) is 0 Å². The zero-order chi connectivity index (χ0) is 5.28. The van der Waals surface area contributed by atoms with Crippen molar-refractivity contribution in [2.45, 2.75) is 5.56 Å². The monoisotopic (exact) mass is 119 g/mol. The highest BCUT2D eigenvalue weighted by atomic mass is 32.2. The molecule has 1 aliphatic heterocycles. The van der Waals surface area contributed by atoms with Crippen LogP contribution in [0.4, 0.5) is 0 Å². The molecule has 40 valence electrons. The second-order valence-corrected chi connectivity index (χ2v) is 1.92. The first-order chi connectivity index (χ1) is 3.29. The Hall–Kier alpha value is -0.420. The van der Waals surface area contributed by atoms with Gasteiger partial charge < -0.3 is 16.2 Å². The topological polar surface area (TPSA) is 70.6 Å². The standard InChI is InChI=1S/C2H5N3OS/c3-1-4-2(6)7-5-1/h2,6H,(H3,3,4,5). The highest BCUT2D eigenvalue weighted by molar-refractivity contribution is 7.98. The van der Waals surface area contributed by atoms with Crippen LogP contribution in [0.5, 0.6) is 0 Å². The van der Waals surface area contributed by atoms with Gasteiger partial charge in [-0.2, -0.15) is 4.40 Å². The van der Waals surface area contributed by atoms with Gasteiger partial charge in [0.1, 0.15) is 0 Å². The first-order valence-electron chi connectivity index (χ1n) is 1.73. The lowest BCUT2D eigenvalue weighted by atomic mass is 11.0. The van der Waals surface area contributed by atoms with Gasteiger partial charge in [-0.3, -0.25) is 0 Å². The van der Waals surface area contributed by atoms with E-state index in [1.165, 1.54) is 0 Å². The highest BCUT2D eigenvalue weighted by Crippen LogP contribution is 2.10. The summed E-state index contributed by atoms with van der Waals surface area (Å²) >= 11 is 1.01. The quantitative estimate of drug-likeness (QED) is 0.351. The third-order valence-corrected chi connectivity index (χ3v) is 1.14. The summed E-state index contributed by atoms with van der Waals surface area (Å²) in [4.78, 5) is 0. The van der Waals surface area contributed by atoms with E-state index in [2.05, 4.69) is 9.71 Å². The van der Waals surface area contributed by atoms with Crippen molar-refractivity contribution >= 4 is 17.9 Å². The van der Waals surface area contributed by atoms with Crippen molar-refractivity contribution in [3.05, 3.63) is 0 Å². The average molecular weight is 119 g/mol. The highest BCUT2D eigenvalue weighted by Gasteiger charge is 2.10. The number of aliphatic hydroxyl groups excluding tert-OH is 1. The van der Waals surface area contributed by atoms with E-state index in [-0.39, 0.29) is 5.96 Å². The third-order valence-electron chi connectivity index (χ3n) is 0.522. The SMILES string of the molecule is NC1=NSC(O)N1. The van der Waals surface area contributed by atoms with Gasteiger partial charge in [0.15, 0.2) is 5.56 Å². The molecule has 0 aliphatic carbocycles. The van der Waals surface area contributed by atoms with E-state index >= 15 is 0 Å². The molecular weight excluding hydrogens is 114 g/mol. The van der Waals surface area contributed by atoms with Crippen LogP contribution in [-0.2, 0) is 0 Å². The molecule has 1 unspecified atom stereocenters. The lowest BCUT2D eigenvalue weighted by Gasteiger charge is -1.95. The first kappa shape index (κ1) is 4.73. The summed E-state index contributed by atoms with van der Waals surface area (Å²) in [7, 11) is 0. The molecule has 0 bridgehead atoms. The number of nitrogens with one attached hydrogen (secondary N) is 1. The summed E-state index contributed by atoms with van der Waals surface area (Å²) in [5.74, 6) is 0.289. The zero-order valence-electron chi connectivity index (χ0n) is 3.46. The van der Waals surface area contributed by atoms with Crippen molar-refractivity contribution in [3.8, 4) is 0 Å². The average Bonchev–Trinajstić information content (AvgIpc) is 1.87. The van der Waals surface area contributed by atoms with Crippen molar-refractivity contribution in [1.29, 1.82) is 0 Å². The summed E-state index contributed by atoms with van der Waals surface area (Å²) in [5.41, 5.74) is 4.44. The number of aliphatic hydroxyl groups is 1. The van der Waals surface area contributed by atoms with E-state index in [0.29, 0.717) is 0 Å². The minimum Gasteiger partial charge on any atom is -0.369 e. The predicted octanol–water partition coefficient (Wildman–Crippen LogP) is -1.17. The van der Waals surface area contributed by atoms with Crippen LogP contribution in [0.15, 0.2) is 4.40 Å². The smallest absolute Gasteiger partial charge is 0.203 e. The summed E-state index contributed by atoms with van der Waals surface area (Å²) in [6, 6.07) is 0. The zero-order valence-corrected chi connectivity index (χ0v) is 4.27. The van der Waals surface area contributed by atoms with Crippen LogP contribution in [0.25, 0.3) is 0 Å². The maximum atomic E-state index is 8.56. The van der Waals surface area contributed by atoms with Crippen LogP contribution in [-0.4, -0.2) is 16.6 Å². The van der Waals surface area contributed by atoms with Crippen LogP contribution in [0.2, 0.25) is 0 Å². The molecule has 4 nitrogen and oxygen atoms in total. The van der Waals surface area contributed by atoms with Crippen molar-refractivity contribution < 1.29 is 5.11 Å². The number of hydrogen-bond donors (Lipinski definition) is 3. The van der Waals surface area contributed by atoms with Gasteiger partial charge in [-0.1, -0.05) is 0 Å². The Morgan fingerprint density at radius 2 is 2.71 bits per heavy atom. The Balaban J connectivity index is 2.42. The van der Waals surface area contributed by atoms with Gasteiger partial charge in [0, 0.05) is 11.9 Å². The third kappa shape index (κ3) is 0.971. The van der Waals surface area contributed by atoms with Crippen LogP contribution in [0, 0.1) is 0 Å². The Morgan fingerprint density at radius 3 is 2.86 bits per heavy atom. The van der Waals surface area contributed by atoms with Gasteiger partial charge in [0.05, 0.1) is 0 Å². The molecule has 1 rings (SSSR count). The lowest BCUT2D eigenvalue weighted by molar-refractivity contribution is 0.253. The summed E-state index contributed by atoms with van der Waals surface area (Å²) < 4.78 is 3.57. The molecule has 0 saturated carbocycles. The molecule has 0 radical (unpaired) electrons. The summed E-state index contributed by atoms with van der Waals surface area (Å²) in [5, 5.41) is 11.0. The molecule has 4 N–H and O–H groups in total. The van der Waals surface area contributed by atoms with Crippen LogP contribution >= 0.6 is 11.9 Å². The van der Waals surface area contributed by atoms with Crippen LogP contribution in [0.1, 0.15) is 0 Å². The maximum absolute atomic E-state index is 8.56. The Morgan fingerprint density at radius 1 is 2.00 bits per heavy atom. The number of rotatable bonds is 0. The largest absolute Gasteiger partial charge is 0.369 e. The fourth-order valence-electron chi connectivity index (χ4n) is 0.286. The number of guanidine groups is 1. The molecular formula is C2H5N3OS. The van der Waals surface area contributed by atoms with Crippen LogP contribution < -0.4 is 11.1 Å². The van der Waals surface area contributed by atoms with Gasteiger partial charge >= 0.3 is 0 Å². The summed E-state index contributed by atoms with van der Waals surface area (Å²) in [6.07, 6.45) is 0. The van der Waals surface area contributed by atoms with Crippen molar-refractivity contribution in [2.75, 3.05) is 0 Å². The molecule has 1 heterocycles. The minimum atomic E-state index is -0.639. The number of nitrogens with two attached hydrogens (primary N) is 1. The van der Waals surface area contributed by atoms with E-state index < -0.39 is 5.56 Å². The van der Waals surface area contributed by atoms with Crippen molar-refractivity contribution in [2.24, 2.45) is 10.1 Å². The van der Waals surface area contributed by atoms with Crippen molar-refractivity contribution in [3.63, 3.8) is 0 Å². The Labute approximate surface area is 44.9 Å². The molecule has 0 spiro atoms. The number of hydrogen-bond acceptors (Lipinski definition) is 5. The van der Waals surface area contributed by atoms with Crippen LogP contribution in [0.3, 0.4) is 0 Å². The fraction of sp³-hybridized carbons (Fsp3) is 0.500. The maximum Gasteiger partial charge on any atom is 0.203 e. The van der Waals surface area contributed by atoms with Gasteiger partial charge in [-0.25, -0.2) is 0 Å². The van der Waals surface area contributed by atoms with E-state index in [1.807, 2.05) is 0 Å². The number of nitrogens with zero attached hydrogens (tertiary/aromatic N) is 1. The predicted molar refractivity (Wildman–Crippen MR) is 28.4 cm³/mol. The van der Waals surface area contributed by atoms with E-state index in [0.717, 1.165) is 11.9 Å². The van der Waals surface area contributed by atoms with Gasteiger partial charge in [0.25, 0.3) is 0 Å². The molecule has 0 aromatic carbocycles. The first-order valence-corrected chi connectivity index (χ1v) is 2.56. The molecule has 0 amide bonds. The molecule has 0 fully saturated rings.